The van der Waals surface area contributed by atoms with Gasteiger partial charge in [0.25, 0.3) is 5.91 Å². The minimum Gasteiger partial charge on any atom is -0.408 e. The smallest absolute Gasteiger partial charge is 0.318 e. The topological polar surface area (TPSA) is 144 Å². The summed E-state index contributed by atoms with van der Waals surface area (Å²) in [6.45, 7) is 4.45. The molecule has 13 heteroatoms. The molecule has 5 heterocycles. The van der Waals surface area contributed by atoms with Gasteiger partial charge in [0.2, 0.25) is 5.89 Å². The second kappa shape index (κ2) is 7.76. The summed E-state index contributed by atoms with van der Waals surface area (Å²) in [4.78, 5) is 25.2. The van der Waals surface area contributed by atoms with E-state index in [-0.39, 0.29) is 17.0 Å². The van der Waals surface area contributed by atoms with E-state index in [0.717, 1.165) is 22.6 Å². The van der Waals surface area contributed by atoms with Gasteiger partial charge >= 0.3 is 6.01 Å². The Bertz CT molecular complexity index is 1290. The van der Waals surface area contributed by atoms with Gasteiger partial charge in [-0.1, -0.05) is 5.10 Å². The first-order valence-corrected chi connectivity index (χ1v) is 9.84. The van der Waals surface area contributed by atoms with Crippen LogP contribution in [-0.4, -0.2) is 61.9 Å². The van der Waals surface area contributed by atoms with Crippen molar-refractivity contribution < 1.29 is 13.6 Å². The molecule has 5 rings (SSSR count). The molecule has 1 saturated heterocycles. The highest BCUT2D eigenvalue weighted by Gasteiger charge is 2.25. The number of pyridine rings is 1. The summed E-state index contributed by atoms with van der Waals surface area (Å²) < 4.78 is 20.1. The second-order valence-corrected chi connectivity index (χ2v) is 7.23. The number of nitrogen functional groups attached to an aromatic ring is 1. The Balaban J connectivity index is 1.35. The van der Waals surface area contributed by atoms with Crippen molar-refractivity contribution in [2.75, 3.05) is 47.0 Å². The highest BCUT2D eigenvalue weighted by molar-refractivity contribution is 6.12. The van der Waals surface area contributed by atoms with E-state index in [1.165, 1.54) is 0 Å². The Kier molecular flexibility index (Phi) is 4.77. The molecular formula is C19H19FN10O2. The van der Waals surface area contributed by atoms with Crippen LogP contribution in [0.15, 0.2) is 35.3 Å². The fourth-order valence-corrected chi connectivity index (χ4v) is 3.64. The number of fused-ring (bicyclic) bond motifs is 1. The molecule has 164 valence electrons. The minimum absolute atomic E-state index is 0.0468. The lowest BCUT2D eigenvalue weighted by Gasteiger charge is -2.35. The number of rotatable bonds is 4. The molecule has 0 spiro atoms. The zero-order valence-electron chi connectivity index (χ0n) is 17.1. The van der Waals surface area contributed by atoms with E-state index in [1.54, 1.807) is 19.3 Å². The van der Waals surface area contributed by atoms with Crippen LogP contribution in [0.1, 0.15) is 16.2 Å². The molecule has 1 fully saturated rings. The van der Waals surface area contributed by atoms with Crippen LogP contribution in [0.5, 0.6) is 0 Å². The van der Waals surface area contributed by atoms with Crippen molar-refractivity contribution in [3.63, 3.8) is 0 Å². The lowest BCUT2D eigenvalue weighted by Crippen LogP contribution is -2.47. The number of aryl methyl sites for hydroxylation is 1. The molecule has 0 radical (unpaired) electrons. The van der Waals surface area contributed by atoms with Gasteiger partial charge in [-0.25, -0.2) is 13.9 Å². The van der Waals surface area contributed by atoms with Crippen molar-refractivity contribution in [1.82, 2.24) is 29.8 Å². The van der Waals surface area contributed by atoms with Crippen molar-refractivity contribution in [2.45, 2.75) is 6.92 Å². The monoisotopic (exact) mass is 438 g/mol. The number of aromatic nitrogens is 6. The lowest BCUT2D eigenvalue weighted by atomic mass is 10.2. The van der Waals surface area contributed by atoms with Crippen molar-refractivity contribution >= 4 is 34.8 Å². The van der Waals surface area contributed by atoms with Crippen LogP contribution >= 0.6 is 0 Å². The molecule has 12 nitrogen and oxygen atoms in total. The molecule has 0 bridgehead atoms. The average molecular weight is 438 g/mol. The highest BCUT2D eigenvalue weighted by atomic mass is 19.1. The number of nitrogens with one attached hydrogen (secondary N) is 1. The van der Waals surface area contributed by atoms with E-state index < -0.39 is 11.7 Å². The van der Waals surface area contributed by atoms with Gasteiger partial charge in [0.15, 0.2) is 17.3 Å². The normalized spacial score (nSPS) is 14.2. The molecule has 0 aliphatic carbocycles. The number of hydrogen-bond acceptors (Lipinski definition) is 10. The van der Waals surface area contributed by atoms with E-state index in [2.05, 4.69) is 35.5 Å². The Hall–Kier alpha value is -4.29. The third-order valence-corrected chi connectivity index (χ3v) is 5.15. The second-order valence-electron chi connectivity index (χ2n) is 7.23. The first-order valence-electron chi connectivity index (χ1n) is 9.84. The third kappa shape index (κ3) is 3.53. The average Bonchev–Trinajstić information content (AvgIpc) is 3.36. The molecule has 32 heavy (non-hydrogen) atoms. The van der Waals surface area contributed by atoms with E-state index in [1.807, 2.05) is 11.0 Å². The number of piperazine rings is 1. The third-order valence-electron chi connectivity index (χ3n) is 5.15. The fourth-order valence-electron chi connectivity index (χ4n) is 3.64. The number of carbonyl (C=O) groups is 1. The molecule has 1 aliphatic heterocycles. The summed E-state index contributed by atoms with van der Waals surface area (Å²) in [5.41, 5.74) is 7.46. The van der Waals surface area contributed by atoms with Crippen LogP contribution in [0.4, 0.5) is 27.6 Å². The van der Waals surface area contributed by atoms with Gasteiger partial charge in [-0.2, -0.15) is 0 Å². The highest BCUT2D eigenvalue weighted by Crippen LogP contribution is 2.28. The molecular weight excluding hydrogens is 419 g/mol. The maximum atomic E-state index is 13.4. The van der Waals surface area contributed by atoms with Crippen LogP contribution in [0.25, 0.3) is 5.65 Å². The summed E-state index contributed by atoms with van der Waals surface area (Å²) in [6, 6.07) is 2.33. The van der Waals surface area contributed by atoms with Gasteiger partial charge in [-0.05, 0) is 6.07 Å². The standard InChI is InChI=1S/C19H19FN10O2/c1-11-25-26-19(32-11)29-6-4-28(5-7-29)14-2-3-22-9-13(14)24-18(31)15-16(21)27-30-10-12(20)8-23-17(15)30/h2-3,8-10H,4-7H2,1H3,(H2,21,27)(H,24,31). The van der Waals surface area contributed by atoms with Crippen LogP contribution in [0, 0.1) is 12.7 Å². The zero-order valence-corrected chi connectivity index (χ0v) is 17.1. The number of halogens is 1. The molecule has 1 aliphatic rings. The minimum atomic E-state index is -0.587. The molecule has 0 saturated carbocycles. The van der Waals surface area contributed by atoms with Gasteiger partial charge in [-0.15, -0.1) is 10.2 Å². The quantitative estimate of drug-likeness (QED) is 0.475. The number of carbonyl (C=O) groups excluding carboxylic acids is 1. The number of nitrogens with two attached hydrogens (primary N) is 1. The summed E-state index contributed by atoms with van der Waals surface area (Å²) in [6.07, 6.45) is 5.34. The van der Waals surface area contributed by atoms with E-state index in [4.69, 9.17) is 10.2 Å². The van der Waals surface area contributed by atoms with Crippen LogP contribution in [0.2, 0.25) is 0 Å². The van der Waals surface area contributed by atoms with Crippen LogP contribution in [-0.2, 0) is 0 Å². The Morgan fingerprint density at radius 2 is 1.97 bits per heavy atom. The van der Waals surface area contributed by atoms with Crippen LogP contribution < -0.4 is 20.9 Å². The van der Waals surface area contributed by atoms with E-state index >= 15 is 0 Å². The molecule has 3 N–H and O–H groups in total. The maximum Gasteiger partial charge on any atom is 0.318 e. The molecule has 0 atom stereocenters. The molecule has 4 aromatic rings. The number of nitrogens with zero attached hydrogens (tertiary/aromatic N) is 8. The Morgan fingerprint density at radius 3 is 2.72 bits per heavy atom. The van der Waals surface area contributed by atoms with Gasteiger partial charge in [0, 0.05) is 39.3 Å². The van der Waals surface area contributed by atoms with Crippen LogP contribution in [0.3, 0.4) is 0 Å². The maximum absolute atomic E-state index is 13.4. The number of amides is 1. The van der Waals surface area contributed by atoms with Gasteiger partial charge in [0.05, 0.1) is 30.0 Å². The van der Waals surface area contributed by atoms with Gasteiger partial charge < -0.3 is 25.3 Å². The predicted octanol–water partition coefficient (Wildman–Crippen LogP) is 1.12. The predicted molar refractivity (Wildman–Crippen MR) is 113 cm³/mol. The Labute approximate surface area is 180 Å². The summed E-state index contributed by atoms with van der Waals surface area (Å²) >= 11 is 0. The van der Waals surface area contributed by atoms with Gasteiger partial charge in [-0.3, -0.25) is 9.78 Å². The SMILES string of the molecule is Cc1nnc(N2CCN(c3ccncc3NC(=O)c3c(N)nn4cc(F)cnc34)CC2)o1. The lowest BCUT2D eigenvalue weighted by molar-refractivity contribution is 0.102. The first kappa shape index (κ1) is 19.7. The van der Waals surface area contributed by atoms with E-state index in [9.17, 15) is 9.18 Å². The molecule has 0 aromatic carbocycles. The fraction of sp³-hybridized carbons (Fsp3) is 0.263. The van der Waals surface area contributed by atoms with Crippen molar-refractivity contribution in [3.8, 4) is 0 Å². The molecule has 4 aromatic heterocycles. The van der Waals surface area contributed by atoms with E-state index in [0.29, 0.717) is 43.8 Å². The molecule has 1 amide bonds. The summed E-state index contributed by atoms with van der Waals surface area (Å²) in [7, 11) is 0. The first-order chi connectivity index (χ1) is 15.5. The van der Waals surface area contributed by atoms with Crippen molar-refractivity contribution in [2.24, 2.45) is 0 Å². The number of anilines is 4. The Morgan fingerprint density at radius 1 is 1.19 bits per heavy atom. The summed E-state index contributed by atoms with van der Waals surface area (Å²) in [5, 5.41) is 14.7. The largest absolute Gasteiger partial charge is 0.408 e. The zero-order chi connectivity index (χ0) is 22.2. The van der Waals surface area contributed by atoms with Crippen molar-refractivity contribution in [1.29, 1.82) is 0 Å². The van der Waals surface area contributed by atoms with Crippen molar-refractivity contribution in [3.05, 3.63) is 48.1 Å². The summed E-state index contributed by atoms with van der Waals surface area (Å²) in [5.74, 6) is -0.623. The molecule has 0 unspecified atom stereocenters. The number of hydrogen-bond donors (Lipinski definition) is 2. The van der Waals surface area contributed by atoms with Gasteiger partial charge in [0.1, 0.15) is 5.56 Å².